The number of aromatic nitrogens is 1. The van der Waals surface area contributed by atoms with Crippen LogP contribution in [0.25, 0.3) is 0 Å². The molecule has 0 aliphatic heterocycles. The van der Waals surface area contributed by atoms with Gasteiger partial charge >= 0.3 is 0 Å². The Labute approximate surface area is 84.0 Å². The summed E-state index contributed by atoms with van der Waals surface area (Å²) < 4.78 is 5.17. The lowest BCUT2D eigenvalue weighted by Crippen LogP contribution is -2.27. The normalized spacial score (nSPS) is 11.4. The van der Waals surface area contributed by atoms with Crippen LogP contribution >= 0.6 is 0 Å². The van der Waals surface area contributed by atoms with Crippen molar-refractivity contribution in [3.8, 4) is 5.88 Å². The van der Waals surface area contributed by atoms with Gasteiger partial charge in [0.05, 0.1) is 13.7 Å². The summed E-state index contributed by atoms with van der Waals surface area (Å²) in [6.45, 7) is 4.48. The third-order valence-electron chi connectivity index (χ3n) is 2.14. The first-order chi connectivity index (χ1) is 6.61. The van der Waals surface area contributed by atoms with Gasteiger partial charge in [0.15, 0.2) is 0 Å². The van der Waals surface area contributed by atoms with Gasteiger partial charge in [-0.3, -0.25) is 0 Å². The smallest absolute Gasteiger partial charge is 0.216 e. The Balaban J connectivity index is 3.04. The Morgan fingerprint density at radius 3 is 2.79 bits per heavy atom. The highest BCUT2D eigenvalue weighted by Gasteiger charge is 2.25. The lowest BCUT2D eigenvalue weighted by Gasteiger charge is -2.24. The van der Waals surface area contributed by atoms with E-state index in [9.17, 15) is 0 Å². The molecule has 4 nitrogen and oxygen atoms in total. The van der Waals surface area contributed by atoms with Gasteiger partial charge in [-0.05, 0) is 6.07 Å². The largest absolute Gasteiger partial charge is 0.481 e. The van der Waals surface area contributed by atoms with E-state index in [-0.39, 0.29) is 5.41 Å². The highest BCUT2D eigenvalue weighted by Crippen LogP contribution is 2.29. The molecule has 1 rings (SSSR count). The van der Waals surface area contributed by atoms with Crippen LogP contribution in [0.4, 0.5) is 0 Å². The van der Waals surface area contributed by atoms with Crippen molar-refractivity contribution in [1.29, 1.82) is 0 Å². The van der Waals surface area contributed by atoms with E-state index in [0.29, 0.717) is 12.5 Å². The molecule has 0 saturated carbocycles. The fourth-order valence-electron chi connectivity index (χ4n) is 1.35. The highest BCUT2D eigenvalue weighted by molar-refractivity contribution is 5.32. The van der Waals surface area contributed by atoms with Gasteiger partial charge in [0.1, 0.15) is 0 Å². The third-order valence-corrected chi connectivity index (χ3v) is 2.14. The van der Waals surface area contributed by atoms with Gasteiger partial charge in [-0.2, -0.15) is 0 Å². The molecule has 1 heterocycles. The van der Waals surface area contributed by atoms with Gasteiger partial charge in [-0.15, -0.1) is 0 Å². The quantitative estimate of drug-likeness (QED) is 0.736. The fraction of sp³-hybridized carbons (Fsp3) is 0.500. The zero-order valence-electron chi connectivity index (χ0n) is 8.78. The van der Waals surface area contributed by atoms with Gasteiger partial charge in [0.2, 0.25) is 5.88 Å². The van der Waals surface area contributed by atoms with Crippen molar-refractivity contribution in [2.45, 2.75) is 19.3 Å². The van der Waals surface area contributed by atoms with Crippen LogP contribution < -0.4 is 10.6 Å². The van der Waals surface area contributed by atoms with Gasteiger partial charge < -0.3 is 9.57 Å². The summed E-state index contributed by atoms with van der Waals surface area (Å²) >= 11 is 0. The van der Waals surface area contributed by atoms with E-state index in [1.54, 1.807) is 13.3 Å². The molecule has 0 aromatic carbocycles. The molecule has 4 heteroatoms. The van der Waals surface area contributed by atoms with Crippen LogP contribution in [0.2, 0.25) is 0 Å². The molecular formula is C10H16N2O2. The number of nitrogens with zero attached hydrogens (tertiary/aromatic N) is 1. The average Bonchev–Trinajstić information content (AvgIpc) is 2.18. The van der Waals surface area contributed by atoms with Crippen molar-refractivity contribution in [3.05, 3.63) is 23.9 Å². The number of nitrogens with two attached hydrogens (primary N) is 1. The van der Waals surface area contributed by atoms with Crippen LogP contribution in [-0.4, -0.2) is 18.7 Å². The molecule has 0 bridgehead atoms. The second-order valence-electron chi connectivity index (χ2n) is 3.76. The summed E-state index contributed by atoms with van der Waals surface area (Å²) in [5, 5.41) is 0. The van der Waals surface area contributed by atoms with Gasteiger partial charge in [-0.25, -0.2) is 10.9 Å². The molecule has 0 radical (unpaired) electrons. The van der Waals surface area contributed by atoms with Crippen LogP contribution in [0, 0.1) is 0 Å². The number of hydrogen-bond acceptors (Lipinski definition) is 4. The lowest BCUT2D eigenvalue weighted by atomic mass is 9.86. The predicted octanol–water partition coefficient (Wildman–Crippen LogP) is 1.26. The Morgan fingerprint density at radius 2 is 2.21 bits per heavy atom. The maximum Gasteiger partial charge on any atom is 0.216 e. The highest BCUT2D eigenvalue weighted by atomic mass is 16.6. The number of methoxy groups -OCH3 is 1. The summed E-state index contributed by atoms with van der Waals surface area (Å²) in [5.41, 5.74) is 0.793. The van der Waals surface area contributed by atoms with E-state index in [4.69, 9.17) is 10.6 Å². The Hall–Kier alpha value is -1.13. The number of ether oxygens (including phenoxy) is 1. The maximum atomic E-state index is 5.17. The minimum Gasteiger partial charge on any atom is -0.481 e. The van der Waals surface area contributed by atoms with Gasteiger partial charge in [0, 0.05) is 17.2 Å². The SMILES string of the molecule is COc1ncccc1C(C)(C)CON. The minimum absolute atomic E-state index is 0.200. The monoisotopic (exact) mass is 196 g/mol. The second-order valence-corrected chi connectivity index (χ2v) is 3.76. The van der Waals surface area contributed by atoms with E-state index >= 15 is 0 Å². The molecule has 1 aromatic rings. The zero-order valence-corrected chi connectivity index (χ0v) is 8.78. The van der Waals surface area contributed by atoms with E-state index < -0.39 is 0 Å². The first-order valence-electron chi connectivity index (χ1n) is 4.43. The van der Waals surface area contributed by atoms with Crippen molar-refractivity contribution in [3.63, 3.8) is 0 Å². The Morgan fingerprint density at radius 1 is 1.50 bits per heavy atom. The van der Waals surface area contributed by atoms with Crippen molar-refractivity contribution in [1.82, 2.24) is 4.98 Å². The van der Waals surface area contributed by atoms with Crippen LogP contribution in [0.3, 0.4) is 0 Å². The summed E-state index contributed by atoms with van der Waals surface area (Å²) in [5.74, 6) is 5.70. The lowest BCUT2D eigenvalue weighted by molar-refractivity contribution is 0.0951. The first-order valence-corrected chi connectivity index (χ1v) is 4.43. The van der Waals surface area contributed by atoms with Gasteiger partial charge in [0.25, 0.3) is 0 Å². The molecule has 0 aliphatic carbocycles. The Bertz CT molecular complexity index is 300. The molecule has 14 heavy (non-hydrogen) atoms. The number of hydrogen-bond donors (Lipinski definition) is 1. The van der Waals surface area contributed by atoms with E-state index in [0.717, 1.165) is 5.56 Å². The van der Waals surface area contributed by atoms with E-state index in [1.165, 1.54) is 0 Å². The summed E-state index contributed by atoms with van der Waals surface area (Å²) in [7, 11) is 1.60. The summed E-state index contributed by atoms with van der Waals surface area (Å²) in [6.07, 6.45) is 1.70. The van der Waals surface area contributed by atoms with Crippen molar-refractivity contribution in [2.75, 3.05) is 13.7 Å². The summed E-state index contributed by atoms with van der Waals surface area (Å²) in [4.78, 5) is 8.80. The molecule has 0 aliphatic rings. The summed E-state index contributed by atoms with van der Waals surface area (Å²) in [6, 6.07) is 3.83. The Kier molecular flexibility index (Phi) is 3.43. The molecule has 1 aromatic heterocycles. The molecule has 0 spiro atoms. The topological polar surface area (TPSA) is 57.4 Å². The van der Waals surface area contributed by atoms with Gasteiger partial charge in [-0.1, -0.05) is 19.9 Å². The maximum absolute atomic E-state index is 5.17. The first kappa shape index (κ1) is 10.9. The number of pyridine rings is 1. The predicted molar refractivity (Wildman–Crippen MR) is 54.0 cm³/mol. The second kappa shape index (κ2) is 4.39. The molecule has 0 atom stereocenters. The number of rotatable bonds is 4. The third kappa shape index (κ3) is 2.21. The minimum atomic E-state index is -0.200. The molecule has 78 valence electrons. The van der Waals surface area contributed by atoms with E-state index in [1.807, 2.05) is 26.0 Å². The average molecular weight is 196 g/mol. The molecule has 0 amide bonds. The van der Waals surface area contributed by atoms with Crippen molar-refractivity contribution >= 4 is 0 Å². The molecule has 0 saturated heterocycles. The molecule has 0 unspecified atom stereocenters. The molecular weight excluding hydrogens is 180 g/mol. The molecule has 0 fully saturated rings. The zero-order chi connectivity index (χ0) is 10.6. The van der Waals surface area contributed by atoms with Crippen molar-refractivity contribution < 1.29 is 9.57 Å². The van der Waals surface area contributed by atoms with Crippen LogP contribution in [-0.2, 0) is 10.3 Å². The standard InChI is InChI=1S/C10H16N2O2/c1-10(2,7-14-11)8-5-4-6-12-9(8)13-3/h4-6H,7,11H2,1-3H3. The van der Waals surface area contributed by atoms with Crippen LogP contribution in [0.5, 0.6) is 5.88 Å². The fourth-order valence-corrected chi connectivity index (χ4v) is 1.35. The van der Waals surface area contributed by atoms with Crippen LogP contribution in [0.1, 0.15) is 19.4 Å². The van der Waals surface area contributed by atoms with Crippen molar-refractivity contribution in [2.24, 2.45) is 5.90 Å². The van der Waals surface area contributed by atoms with Crippen LogP contribution in [0.15, 0.2) is 18.3 Å². The van der Waals surface area contributed by atoms with E-state index in [2.05, 4.69) is 9.82 Å². The molecule has 2 N–H and O–H groups in total.